The van der Waals surface area contributed by atoms with Gasteiger partial charge in [-0.1, -0.05) is 152 Å². The SMILES string of the molecule is c1ccc(-c2cccc3c2oc2c(-c4ccc(N(c5ccc6c7ccccc7n(-c7ccccc7)c6c5)c5cccc6c5oc5ccccc56)cc4)cccc23)cc1. The van der Waals surface area contributed by atoms with Gasteiger partial charge in [-0.2, -0.15) is 0 Å². The number of rotatable bonds is 6. The highest BCUT2D eigenvalue weighted by atomic mass is 16.3. The molecule has 0 saturated carbocycles. The van der Waals surface area contributed by atoms with Crippen molar-refractivity contribution in [2.45, 2.75) is 0 Å². The summed E-state index contributed by atoms with van der Waals surface area (Å²) < 4.78 is 15.9. The summed E-state index contributed by atoms with van der Waals surface area (Å²) in [4.78, 5) is 2.33. The van der Waals surface area contributed by atoms with Crippen molar-refractivity contribution in [2.75, 3.05) is 4.90 Å². The summed E-state index contributed by atoms with van der Waals surface area (Å²) in [5.74, 6) is 0. The second-order valence-corrected chi connectivity index (χ2v) is 14.9. The van der Waals surface area contributed by atoms with Gasteiger partial charge in [-0.15, -0.1) is 0 Å². The van der Waals surface area contributed by atoms with E-state index in [0.717, 1.165) is 94.4 Å². The standard InChI is InChI=1S/C54H34N2O2/c1-3-14-35(15-4-1)40-20-11-22-46-47-23-12-21-41(53(47)58-52(40)46)36-28-30-38(31-29-36)55(49-26-13-24-45-44-19-8-10-27-51(44)57-54(45)49)39-32-33-43-42-18-7-9-25-48(42)56(50(43)34-39)37-16-5-2-6-17-37/h1-34H. The molecule has 0 fully saturated rings. The third-order valence-electron chi connectivity index (χ3n) is 11.6. The molecule has 12 rings (SSSR count). The summed E-state index contributed by atoms with van der Waals surface area (Å²) in [5.41, 5.74) is 14.3. The van der Waals surface area contributed by atoms with Gasteiger partial charge in [0.1, 0.15) is 16.7 Å². The van der Waals surface area contributed by atoms with Gasteiger partial charge in [0, 0.05) is 60.5 Å². The van der Waals surface area contributed by atoms with Gasteiger partial charge >= 0.3 is 0 Å². The van der Waals surface area contributed by atoms with Gasteiger partial charge < -0.3 is 18.3 Å². The van der Waals surface area contributed by atoms with Crippen molar-refractivity contribution in [3.05, 3.63) is 206 Å². The molecule has 0 spiro atoms. The largest absolute Gasteiger partial charge is 0.455 e. The molecule has 0 amide bonds. The smallest absolute Gasteiger partial charge is 0.159 e. The maximum atomic E-state index is 6.81. The Morgan fingerprint density at radius 3 is 1.64 bits per heavy atom. The zero-order valence-electron chi connectivity index (χ0n) is 31.3. The Morgan fingerprint density at radius 2 is 0.897 bits per heavy atom. The maximum Gasteiger partial charge on any atom is 0.159 e. The highest BCUT2D eigenvalue weighted by molar-refractivity contribution is 6.14. The topological polar surface area (TPSA) is 34.5 Å². The van der Waals surface area contributed by atoms with Crippen molar-refractivity contribution >= 4 is 82.7 Å². The molecule has 0 N–H and O–H groups in total. The number of benzene rings is 9. The van der Waals surface area contributed by atoms with Crippen LogP contribution in [0.3, 0.4) is 0 Å². The number of anilines is 3. The van der Waals surface area contributed by atoms with Crippen LogP contribution in [0, 0.1) is 0 Å². The molecule has 0 radical (unpaired) electrons. The zero-order chi connectivity index (χ0) is 38.2. The summed E-state index contributed by atoms with van der Waals surface area (Å²) in [6.07, 6.45) is 0. The van der Waals surface area contributed by atoms with E-state index in [1.54, 1.807) is 0 Å². The monoisotopic (exact) mass is 742 g/mol. The molecule has 3 aromatic heterocycles. The fraction of sp³-hybridized carbons (Fsp3) is 0. The molecule has 0 unspecified atom stereocenters. The molecule has 0 aliphatic rings. The normalized spacial score (nSPS) is 11.8. The predicted octanol–water partition coefficient (Wildman–Crippen LogP) is 15.4. The fourth-order valence-corrected chi connectivity index (χ4v) is 8.97. The van der Waals surface area contributed by atoms with Crippen LogP contribution in [0.4, 0.5) is 17.1 Å². The Morgan fingerprint density at radius 1 is 0.345 bits per heavy atom. The first kappa shape index (κ1) is 32.4. The van der Waals surface area contributed by atoms with Crippen LogP contribution in [0.5, 0.6) is 0 Å². The van der Waals surface area contributed by atoms with Crippen molar-refractivity contribution in [1.29, 1.82) is 0 Å². The zero-order valence-corrected chi connectivity index (χ0v) is 31.3. The lowest BCUT2D eigenvalue weighted by Crippen LogP contribution is -2.10. The van der Waals surface area contributed by atoms with Crippen LogP contribution in [-0.2, 0) is 0 Å². The van der Waals surface area contributed by atoms with E-state index >= 15 is 0 Å². The van der Waals surface area contributed by atoms with Crippen LogP contribution in [-0.4, -0.2) is 4.57 Å². The average molecular weight is 743 g/mol. The van der Waals surface area contributed by atoms with Crippen LogP contribution in [0.15, 0.2) is 215 Å². The van der Waals surface area contributed by atoms with Crippen molar-refractivity contribution in [3.8, 4) is 27.9 Å². The van der Waals surface area contributed by atoms with E-state index in [9.17, 15) is 0 Å². The molecule has 0 saturated heterocycles. The van der Waals surface area contributed by atoms with Gasteiger partial charge in [0.2, 0.25) is 0 Å². The van der Waals surface area contributed by atoms with E-state index in [1.165, 1.54) is 16.3 Å². The molecule has 4 heteroatoms. The molecule has 9 aromatic carbocycles. The Hall–Kier alpha value is -7.82. The highest BCUT2D eigenvalue weighted by Crippen LogP contribution is 2.45. The first-order chi connectivity index (χ1) is 28.8. The van der Waals surface area contributed by atoms with Crippen molar-refractivity contribution in [1.82, 2.24) is 4.57 Å². The molecule has 3 heterocycles. The van der Waals surface area contributed by atoms with Crippen molar-refractivity contribution < 1.29 is 8.83 Å². The first-order valence-corrected chi connectivity index (χ1v) is 19.7. The van der Waals surface area contributed by atoms with Crippen LogP contribution in [0.2, 0.25) is 0 Å². The Labute approximate surface area is 334 Å². The summed E-state index contributed by atoms with van der Waals surface area (Å²) in [6, 6.07) is 73.0. The quantitative estimate of drug-likeness (QED) is 0.170. The molecular formula is C54H34N2O2. The average Bonchev–Trinajstić information content (AvgIpc) is 3.97. The number of fused-ring (bicyclic) bond motifs is 9. The van der Waals surface area contributed by atoms with E-state index in [4.69, 9.17) is 8.83 Å². The van der Waals surface area contributed by atoms with E-state index in [-0.39, 0.29) is 0 Å². The van der Waals surface area contributed by atoms with Crippen LogP contribution < -0.4 is 4.90 Å². The molecule has 4 nitrogen and oxygen atoms in total. The van der Waals surface area contributed by atoms with E-state index < -0.39 is 0 Å². The van der Waals surface area contributed by atoms with E-state index in [2.05, 4.69) is 198 Å². The molecule has 0 aliphatic carbocycles. The van der Waals surface area contributed by atoms with Gasteiger partial charge in [-0.05, 0) is 65.7 Å². The van der Waals surface area contributed by atoms with Gasteiger partial charge in [0.05, 0.1) is 16.7 Å². The number of hydrogen-bond acceptors (Lipinski definition) is 3. The number of aromatic nitrogens is 1. The highest BCUT2D eigenvalue weighted by Gasteiger charge is 2.22. The van der Waals surface area contributed by atoms with Gasteiger partial charge in [0.15, 0.2) is 5.58 Å². The third-order valence-corrected chi connectivity index (χ3v) is 11.6. The third kappa shape index (κ3) is 4.95. The molecule has 0 aliphatic heterocycles. The maximum absolute atomic E-state index is 6.81. The second kappa shape index (κ2) is 12.9. The number of hydrogen-bond donors (Lipinski definition) is 0. The predicted molar refractivity (Wildman–Crippen MR) is 241 cm³/mol. The van der Waals surface area contributed by atoms with E-state index in [0.29, 0.717) is 0 Å². The molecule has 0 atom stereocenters. The fourth-order valence-electron chi connectivity index (χ4n) is 8.97. The van der Waals surface area contributed by atoms with E-state index in [1.807, 2.05) is 18.2 Å². The summed E-state index contributed by atoms with van der Waals surface area (Å²) in [5, 5.41) is 6.83. The molecular weight excluding hydrogens is 709 g/mol. The lowest BCUT2D eigenvalue weighted by Gasteiger charge is -2.26. The van der Waals surface area contributed by atoms with Crippen LogP contribution in [0.1, 0.15) is 0 Å². The van der Waals surface area contributed by atoms with Crippen LogP contribution >= 0.6 is 0 Å². The molecule has 272 valence electrons. The number of nitrogens with zero attached hydrogens (tertiary/aromatic N) is 2. The second-order valence-electron chi connectivity index (χ2n) is 14.9. The minimum absolute atomic E-state index is 0.845. The van der Waals surface area contributed by atoms with Gasteiger partial charge in [0.25, 0.3) is 0 Å². The van der Waals surface area contributed by atoms with Crippen LogP contribution in [0.25, 0.3) is 93.6 Å². The minimum Gasteiger partial charge on any atom is -0.455 e. The first-order valence-electron chi connectivity index (χ1n) is 19.7. The molecule has 0 bridgehead atoms. The summed E-state index contributed by atoms with van der Waals surface area (Å²) in [7, 11) is 0. The lowest BCUT2D eigenvalue weighted by molar-refractivity contribution is 0.669. The number of furan rings is 2. The Kier molecular flexibility index (Phi) is 7.20. The Balaban J connectivity index is 1.05. The summed E-state index contributed by atoms with van der Waals surface area (Å²) in [6.45, 7) is 0. The van der Waals surface area contributed by atoms with Crippen molar-refractivity contribution in [3.63, 3.8) is 0 Å². The lowest BCUT2D eigenvalue weighted by atomic mass is 10.00. The molecule has 12 aromatic rings. The van der Waals surface area contributed by atoms with Gasteiger partial charge in [-0.3, -0.25) is 0 Å². The molecule has 58 heavy (non-hydrogen) atoms. The van der Waals surface area contributed by atoms with Gasteiger partial charge in [-0.25, -0.2) is 0 Å². The van der Waals surface area contributed by atoms with Crippen molar-refractivity contribution in [2.24, 2.45) is 0 Å². The number of para-hydroxylation sites is 6. The Bertz CT molecular complexity index is 3500. The summed E-state index contributed by atoms with van der Waals surface area (Å²) >= 11 is 0. The minimum atomic E-state index is 0.845.